The highest BCUT2D eigenvalue weighted by atomic mass is 35.5. The lowest BCUT2D eigenvalue weighted by Gasteiger charge is -2.19. The molecule has 0 amide bonds. The zero-order valence-corrected chi connectivity index (χ0v) is 12.8. The van der Waals surface area contributed by atoms with E-state index in [9.17, 15) is 17.6 Å². The number of pyridine rings is 1. The van der Waals surface area contributed by atoms with Crippen molar-refractivity contribution in [3.05, 3.63) is 39.9 Å². The van der Waals surface area contributed by atoms with Gasteiger partial charge in [-0.3, -0.25) is 0 Å². The summed E-state index contributed by atoms with van der Waals surface area (Å²) in [7, 11) is 0. The zero-order chi connectivity index (χ0) is 15.6. The number of hydrogen-bond donors (Lipinski definition) is 0. The summed E-state index contributed by atoms with van der Waals surface area (Å²) in [6, 6.07) is 1.22. The molecular weight excluding hydrogens is 348 g/mol. The molecule has 0 bridgehead atoms. The fraction of sp³-hybridized carbons (Fsp3) is 0.333. The smallest absolute Gasteiger partial charge is 0.361 e. The molecule has 0 radical (unpaired) electrons. The van der Waals surface area contributed by atoms with Crippen molar-refractivity contribution in [3.63, 3.8) is 0 Å². The van der Waals surface area contributed by atoms with E-state index in [2.05, 4.69) is 17.2 Å². The second-order valence-electron chi connectivity index (χ2n) is 4.23. The average molecular weight is 357 g/mol. The highest BCUT2D eigenvalue weighted by Crippen LogP contribution is 2.31. The van der Waals surface area contributed by atoms with Gasteiger partial charge in [0.05, 0.1) is 5.03 Å². The number of allylic oxidation sites excluding steroid dienone is 1. The average Bonchev–Trinajstić information content (AvgIpc) is 2.80. The second-order valence-corrected chi connectivity index (χ2v) is 6.14. The van der Waals surface area contributed by atoms with Gasteiger partial charge in [-0.25, -0.2) is 9.37 Å². The maximum Gasteiger partial charge on any atom is 0.426 e. The van der Waals surface area contributed by atoms with Crippen molar-refractivity contribution in [1.82, 2.24) is 9.88 Å². The summed E-state index contributed by atoms with van der Waals surface area (Å²) in [6.07, 6.45) is -2.19. The van der Waals surface area contributed by atoms with Gasteiger partial charge in [-0.05, 0) is 17.7 Å². The zero-order valence-electron chi connectivity index (χ0n) is 10.5. The summed E-state index contributed by atoms with van der Waals surface area (Å²) in [6.45, 7) is 0.807. The Bertz CT molecular complexity index is 589. The van der Waals surface area contributed by atoms with Crippen molar-refractivity contribution in [3.8, 4) is 0 Å². The van der Waals surface area contributed by atoms with E-state index < -0.39 is 16.9 Å². The quantitative estimate of drug-likeness (QED) is 0.349. The monoisotopic (exact) mass is 356 g/mol. The van der Waals surface area contributed by atoms with Crippen LogP contribution in [0.2, 0.25) is 5.15 Å². The van der Waals surface area contributed by atoms with E-state index in [1.54, 1.807) is 4.90 Å². The molecule has 0 spiro atoms. The number of thiocarbonyl (C=S) groups is 1. The summed E-state index contributed by atoms with van der Waals surface area (Å²) in [5.41, 5.74) is 0.531. The summed E-state index contributed by atoms with van der Waals surface area (Å²) >= 11 is 11.1. The molecule has 0 atom stereocenters. The lowest BCUT2D eigenvalue weighted by atomic mass is 10.2. The molecule has 0 saturated carbocycles. The topological polar surface area (TPSA) is 16.1 Å². The van der Waals surface area contributed by atoms with E-state index >= 15 is 0 Å². The van der Waals surface area contributed by atoms with Crippen molar-refractivity contribution in [2.24, 2.45) is 0 Å². The van der Waals surface area contributed by atoms with Crippen LogP contribution in [-0.2, 0) is 6.54 Å². The molecule has 1 aliphatic rings. The Hall–Kier alpha value is -0.860. The first-order valence-corrected chi connectivity index (χ1v) is 7.55. The van der Waals surface area contributed by atoms with Gasteiger partial charge in [0, 0.05) is 25.0 Å². The number of aromatic nitrogens is 1. The van der Waals surface area contributed by atoms with Gasteiger partial charge in [0.2, 0.25) is 0 Å². The Morgan fingerprint density at radius 2 is 2.24 bits per heavy atom. The van der Waals surface area contributed by atoms with E-state index in [4.69, 9.17) is 11.6 Å². The lowest BCUT2D eigenvalue weighted by Crippen LogP contribution is -2.22. The van der Waals surface area contributed by atoms with Crippen LogP contribution in [0.15, 0.2) is 23.4 Å². The fourth-order valence-corrected chi connectivity index (χ4v) is 3.06. The molecule has 0 aliphatic carbocycles. The maximum absolute atomic E-state index is 13.3. The third-order valence-corrected chi connectivity index (χ3v) is 4.37. The highest BCUT2D eigenvalue weighted by Gasteiger charge is 2.33. The number of alkyl halides is 3. The Labute approximate surface area is 133 Å². The molecule has 0 aromatic carbocycles. The highest BCUT2D eigenvalue weighted by molar-refractivity contribution is 8.03. The Kier molecular flexibility index (Phi) is 5.11. The third kappa shape index (κ3) is 4.31. The van der Waals surface area contributed by atoms with Crippen LogP contribution in [0, 0.1) is 5.82 Å². The molecule has 1 aromatic heterocycles. The second kappa shape index (κ2) is 6.50. The van der Waals surface area contributed by atoms with Crippen molar-refractivity contribution < 1.29 is 17.6 Å². The molecule has 2 nitrogen and oxygen atoms in total. The Morgan fingerprint density at radius 3 is 2.86 bits per heavy atom. The SMILES string of the molecule is Fc1cc(CN2CCS/C2=C/C(=S)C(F)(F)F)cnc1Cl. The van der Waals surface area contributed by atoms with Crippen LogP contribution in [0.4, 0.5) is 17.6 Å². The minimum absolute atomic E-state index is 0.233. The molecule has 2 rings (SSSR count). The molecule has 21 heavy (non-hydrogen) atoms. The normalized spacial score (nSPS) is 17.6. The molecular formula is C12H9ClF4N2S2. The van der Waals surface area contributed by atoms with Crippen LogP contribution in [0.25, 0.3) is 0 Å². The standard InChI is InChI=1S/C12H9ClF4N2S2/c13-11-8(14)3-7(5-18-11)6-19-1-2-21-10(19)4-9(20)12(15,16)17/h3-5H,1-2,6H2/b10-4+. The van der Waals surface area contributed by atoms with Crippen LogP contribution in [0.5, 0.6) is 0 Å². The number of thioether (sulfide) groups is 1. The van der Waals surface area contributed by atoms with Crippen LogP contribution in [-0.4, -0.2) is 33.2 Å². The largest absolute Gasteiger partial charge is 0.426 e. The molecule has 0 unspecified atom stereocenters. The van der Waals surface area contributed by atoms with Gasteiger partial charge < -0.3 is 4.90 Å². The first kappa shape index (κ1) is 16.5. The molecule has 1 aliphatic heterocycles. The van der Waals surface area contributed by atoms with Crippen molar-refractivity contribution >= 4 is 40.4 Å². The van der Waals surface area contributed by atoms with Crippen molar-refractivity contribution in [2.45, 2.75) is 12.7 Å². The first-order chi connectivity index (χ1) is 9.77. The number of hydrogen-bond acceptors (Lipinski definition) is 4. The minimum atomic E-state index is -4.52. The van der Waals surface area contributed by atoms with Gasteiger partial charge in [0.25, 0.3) is 0 Å². The lowest BCUT2D eigenvalue weighted by molar-refractivity contribution is -0.0553. The number of nitrogens with zero attached hydrogens (tertiary/aromatic N) is 2. The Balaban J connectivity index is 2.14. The van der Waals surface area contributed by atoms with E-state index in [1.165, 1.54) is 24.0 Å². The molecule has 9 heteroatoms. The van der Waals surface area contributed by atoms with E-state index in [-0.39, 0.29) is 11.7 Å². The third-order valence-electron chi connectivity index (χ3n) is 2.68. The maximum atomic E-state index is 13.3. The van der Waals surface area contributed by atoms with Crippen LogP contribution >= 0.6 is 35.6 Å². The molecule has 1 fully saturated rings. The minimum Gasteiger partial charge on any atom is -0.361 e. The predicted octanol–water partition coefficient (Wildman–Crippen LogP) is 4.20. The van der Waals surface area contributed by atoms with Gasteiger partial charge in [-0.15, -0.1) is 11.8 Å². The van der Waals surface area contributed by atoms with Gasteiger partial charge in [0.1, 0.15) is 4.86 Å². The predicted molar refractivity (Wildman–Crippen MR) is 78.8 cm³/mol. The summed E-state index contributed by atoms with van der Waals surface area (Å²) < 4.78 is 50.7. The van der Waals surface area contributed by atoms with Crippen LogP contribution in [0.3, 0.4) is 0 Å². The molecule has 0 N–H and O–H groups in total. The van der Waals surface area contributed by atoms with E-state index in [1.807, 2.05) is 0 Å². The van der Waals surface area contributed by atoms with Gasteiger partial charge in [-0.1, -0.05) is 23.8 Å². The van der Waals surface area contributed by atoms with Gasteiger partial charge >= 0.3 is 6.18 Å². The summed E-state index contributed by atoms with van der Waals surface area (Å²) in [5, 5.41) is 0.191. The summed E-state index contributed by atoms with van der Waals surface area (Å²) in [4.78, 5) is 4.31. The van der Waals surface area contributed by atoms with Crippen LogP contribution < -0.4 is 0 Å². The van der Waals surface area contributed by atoms with Gasteiger partial charge in [0.15, 0.2) is 11.0 Å². The summed E-state index contributed by atoms with van der Waals surface area (Å²) in [5.74, 6) is -0.00661. The fourth-order valence-electron chi connectivity index (χ4n) is 1.71. The van der Waals surface area contributed by atoms with Gasteiger partial charge in [-0.2, -0.15) is 13.2 Å². The number of rotatable bonds is 3. The molecule has 114 valence electrons. The molecule has 2 heterocycles. The Morgan fingerprint density at radius 1 is 1.52 bits per heavy atom. The van der Waals surface area contributed by atoms with Crippen LogP contribution in [0.1, 0.15) is 5.56 Å². The molecule has 1 aromatic rings. The van der Waals surface area contributed by atoms with Crippen molar-refractivity contribution in [2.75, 3.05) is 12.3 Å². The van der Waals surface area contributed by atoms with E-state index in [0.29, 0.717) is 22.9 Å². The molecule has 1 saturated heterocycles. The van der Waals surface area contributed by atoms with E-state index in [0.717, 1.165) is 6.08 Å². The number of halogens is 5. The van der Waals surface area contributed by atoms with Crippen molar-refractivity contribution in [1.29, 1.82) is 0 Å². The first-order valence-electron chi connectivity index (χ1n) is 5.78.